The van der Waals surface area contributed by atoms with Crippen molar-refractivity contribution in [3.8, 4) is 5.75 Å². The Morgan fingerprint density at radius 3 is 2.74 bits per heavy atom. The van der Waals surface area contributed by atoms with E-state index >= 15 is 0 Å². The summed E-state index contributed by atoms with van der Waals surface area (Å²) in [5.74, 6) is 1.62. The third-order valence-corrected chi connectivity index (χ3v) is 4.60. The van der Waals surface area contributed by atoms with Crippen LogP contribution in [0.5, 0.6) is 5.75 Å². The van der Waals surface area contributed by atoms with Gasteiger partial charge in [-0.3, -0.25) is 4.90 Å². The van der Waals surface area contributed by atoms with Crippen molar-refractivity contribution in [1.82, 2.24) is 15.1 Å². The Balaban J connectivity index is 1.26. The number of phenolic OH excluding ortho intramolecular Hbond substituents is 1. The topological polar surface area (TPSA) is 74.4 Å². The molecule has 1 saturated heterocycles. The van der Waals surface area contributed by atoms with E-state index in [-0.39, 0.29) is 0 Å². The van der Waals surface area contributed by atoms with E-state index in [1.807, 2.05) is 12.1 Å². The van der Waals surface area contributed by atoms with Crippen LogP contribution in [-0.2, 0) is 6.54 Å². The summed E-state index contributed by atoms with van der Waals surface area (Å²) in [5, 5.41) is 21.1. The minimum atomic E-state index is 0.335. The van der Waals surface area contributed by atoms with E-state index in [0.29, 0.717) is 23.7 Å². The summed E-state index contributed by atoms with van der Waals surface area (Å²) in [6.07, 6.45) is 4.46. The van der Waals surface area contributed by atoms with Crippen LogP contribution >= 0.6 is 0 Å². The van der Waals surface area contributed by atoms with Crippen molar-refractivity contribution < 1.29 is 9.52 Å². The Kier molecular flexibility index (Phi) is 3.91. The minimum Gasteiger partial charge on any atom is -0.508 e. The zero-order valence-electron chi connectivity index (χ0n) is 13.1. The van der Waals surface area contributed by atoms with Gasteiger partial charge >= 0.3 is 6.01 Å². The number of nitrogens with one attached hydrogen (secondary N) is 1. The number of likely N-dealkylation sites (tertiary alicyclic amines) is 1. The van der Waals surface area contributed by atoms with Crippen molar-refractivity contribution in [3.05, 3.63) is 35.7 Å². The molecule has 1 aliphatic heterocycles. The fraction of sp³-hybridized carbons (Fsp3) is 0.529. The Bertz CT molecular complexity index is 660. The monoisotopic (exact) mass is 314 g/mol. The molecule has 1 saturated carbocycles. The Labute approximate surface area is 135 Å². The molecule has 2 aliphatic rings. The first-order valence-corrected chi connectivity index (χ1v) is 8.36. The van der Waals surface area contributed by atoms with Crippen molar-refractivity contribution in [3.63, 3.8) is 0 Å². The van der Waals surface area contributed by atoms with Crippen molar-refractivity contribution in [2.24, 2.45) is 0 Å². The van der Waals surface area contributed by atoms with Gasteiger partial charge in [0, 0.05) is 31.6 Å². The maximum absolute atomic E-state index is 9.54. The van der Waals surface area contributed by atoms with E-state index in [9.17, 15) is 5.11 Å². The highest BCUT2D eigenvalue weighted by atomic mass is 16.4. The fourth-order valence-corrected chi connectivity index (χ4v) is 3.11. The van der Waals surface area contributed by atoms with Gasteiger partial charge in [-0.05, 0) is 43.4 Å². The molecule has 6 heteroatoms. The van der Waals surface area contributed by atoms with Gasteiger partial charge in [0.05, 0.1) is 0 Å². The van der Waals surface area contributed by atoms with Crippen LogP contribution in [-0.4, -0.2) is 39.3 Å². The van der Waals surface area contributed by atoms with Gasteiger partial charge < -0.3 is 14.8 Å². The van der Waals surface area contributed by atoms with Crippen LogP contribution in [0.4, 0.5) is 6.01 Å². The van der Waals surface area contributed by atoms with Crippen LogP contribution in [0.15, 0.2) is 28.7 Å². The predicted molar refractivity (Wildman–Crippen MR) is 86.3 cm³/mol. The van der Waals surface area contributed by atoms with E-state index in [1.54, 1.807) is 6.07 Å². The molecule has 6 nitrogen and oxygen atoms in total. The number of phenols is 1. The van der Waals surface area contributed by atoms with Crippen LogP contribution in [0.1, 0.15) is 43.1 Å². The first-order chi connectivity index (χ1) is 11.3. The molecule has 23 heavy (non-hydrogen) atoms. The van der Waals surface area contributed by atoms with E-state index in [4.69, 9.17) is 4.42 Å². The maximum atomic E-state index is 9.54. The number of hydrogen-bond acceptors (Lipinski definition) is 6. The SMILES string of the molecule is Oc1cccc(CN2CCC(Nc3nnc(C4CC4)o3)CC2)c1. The third kappa shape index (κ3) is 3.64. The van der Waals surface area contributed by atoms with E-state index in [1.165, 1.54) is 12.8 Å². The zero-order chi connectivity index (χ0) is 15.6. The normalized spacial score (nSPS) is 19.8. The van der Waals surface area contributed by atoms with Gasteiger partial charge in [0.2, 0.25) is 5.89 Å². The fourth-order valence-electron chi connectivity index (χ4n) is 3.11. The molecule has 2 aromatic rings. The van der Waals surface area contributed by atoms with Gasteiger partial charge in [-0.1, -0.05) is 17.2 Å². The average molecular weight is 314 g/mol. The highest BCUT2D eigenvalue weighted by Gasteiger charge is 2.30. The summed E-state index contributed by atoms with van der Waals surface area (Å²) >= 11 is 0. The molecule has 0 amide bonds. The van der Waals surface area contributed by atoms with E-state index in [2.05, 4.69) is 26.5 Å². The van der Waals surface area contributed by atoms with Crippen LogP contribution in [0, 0.1) is 0 Å². The molecule has 2 fully saturated rings. The molecule has 0 unspecified atom stereocenters. The van der Waals surface area contributed by atoms with Crippen molar-refractivity contribution >= 4 is 6.01 Å². The highest BCUT2D eigenvalue weighted by Crippen LogP contribution is 2.39. The molecular weight excluding hydrogens is 292 g/mol. The summed E-state index contributed by atoms with van der Waals surface area (Å²) in [6, 6.07) is 8.46. The van der Waals surface area contributed by atoms with Gasteiger partial charge in [0.1, 0.15) is 5.75 Å². The number of rotatable bonds is 5. The molecule has 0 atom stereocenters. The van der Waals surface area contributed by atoms with E-state index in [0.717, 1.165) is 43.9 Å². The van der Waals surface area contributed by atoms with Gasteiger partial charge in [0.25, 0.3) is 0 Å². The summed E-state index contributed by atoms with van der Waals surface area (Å²) in [6.45, 7) is 2.93. The lowest BCUT2D eigenvalue weighted by atomic mass is 10.0. The number of hydrogen-bond donors (Lipinski definition) is 2. The standard InChI is InChI=1S/C17H22N4O2/c22-15-3-1-2-12(10-15)11-21-8-6-14(7-9-21)18-17-20-19-16(23-17)13-4-5-13/h1-3,10,13-14,22H,4-9,11H2,(H,18,20). The molecule has 0 spiro atoms. The van der Waals surface area contributed by atoms with Gasteiger partial charge in [-0.2, -0.15) is 0 Å². The maximum Gasteiger partial charge on any atom is 0.315 e. The second-order valence-electron chi connectivity index (χ2n) is 6.58. The number of piperidine rings is 1. The first kappa shape index (κ1) is 14.5. The lowest BCUT2D eigenvalue weighted by Gasteiger charge is -2.31. The number of anilines is 1. The molecular formula is C17H22N4O2. The van der Waals surface area contributed by atoms with Crippen molar-refractivity contribution in [1.29, 1.82) is 0 Å². The molecule has 4 rings (SSSR count). The molecule has 1 aromatic heterocycles. The molecule has 2 N–H and O–H groups in total. The predicted octanol–water partition coefficient (Wildman–Crippen LogP) is 2.73. The Morgan fingerprint density at radius 2 is 2.00 bits per heavy atom. The van der Waals surface area contributed by atoms with Crippen LogP contribution in [0.3, 0.4) is 0 Å². The lowest BCUT2D eigenvalue weighted by Crippen LogP contribution is -2.38. The van der Waals surface area contributed by atoms with Crippen molar-refractivity contribution in [2.75, 3.05) is 18.4 Å². The Morgan fingerprint density at radius 1 is 1.17 bits per heavy atom. The van der Waals surface area contributed by atoms with Crippen LogP contribution < -0.4 is 5.32 Å². The molecule has 2 heterocycles. The highest BCUT2D eigenvalue weighted by molar-refractivity contribution is 5.27. The summed E-state index contributed by atoms with van der Waals surface area (Å²) in [4.78, 5) is 2.41. The quantitative estimate of drug-likeness (QED) is 0.884. The lowest BCUT2D eigenvalue weighted by molar-refractivity contribution is 0.210. The van der Waals surface area contributed by atoms with Crippen LogP contribution in [0.2, 0.25) is 0 Å². The number of aromatic nitrogens is 2. The first-order valence-electron chi connectivity index (χ1n) is 8.36. The van der Waals surface area contributed by atoms with Gasteiger partial charge in [-0.25, -0.2) is 0 Å². The third-order valence-electron chi connectivity index (χ3n) is 4.60. The second-order valence-corrected chi connectivity index (χ2v) is 6.58. The smallest absolute Gasteiger partial charge is 0.315 e. The zero-order valence-corrected chi connectivity index (χ0v) is 13.1. The second kappa shape index (κ2) is 6.20. The molecule has 1 aliphatic carbocycles. The Hall–Kier alpha value is -2.08. The van der Waals surface area contributed by atoms with Crippen molar-refractivity contribution in [2.45, 2.75) is 44.2 Å². The summed E-state index contributed by atoms with van der Waals surface area (Å²) in [5.41, 5.74) is 1.15. The largest absolute Gasteiger partial charge is 0.508 e. The summed E-state index contributed by atoms with van der Waals surface area (Å²) < 4.78 is 5.67. The summed E-state index contributed by atoms with van der Waals surface area (Å²) in [7, 11) is 0. The number of benzene rings is 1. The minimum absolute atomic E-state index is 0.335. The van der Waals surface area contributed by atoms with E-state index < -0.39 is 0 Å². The molecule has 0 bridgehead atoms. The molecule has 0 radical (unpaired) electrons. The number of nitrogens with zero attached hydrogens (tertiary/aromatic N) is 3. The van der Waals surface area contributed by atoms with Gasteiger partial charge in [-0.15, -0.1) is 5.10 Å². The number of aromatic hydroxyl groups is 1. The molecule has 122 valence electrons. The van der Waals surface area contributed by atoms with Gasteiger partial charge in [0.15, 0.2) is 0 Å². The average Bonchev–Trinajstić information content (AvgIpc) is 3.30. The van der Waals surface area contributed by atoms with Crippen LogP contribution in [0.25, 0.3) is 0 Å². The molecule has 1 aromatic carbocycles.